The number of fused-ring (bicyclic) bond motifs is 2. The lowest BCUT2D eigenvalue weighted by Crippen LogP contribution is -2.46. The van der Waals surface area contributed by atoms with E-state index in [4.69, 9.17) is 5.11 Å². The minimum Gasteiger partial charge on any atom is -0.480 e. The number of nitrogens with one attached hydrogen (secondary N) is 1. The van der Waals surface area contributed by atoms with E-state index in [-0.39, 0.29) is 12.5 Å². The molecule has 0 spiro atoms. The SMILES string of the molecule is O=C(O)CNCC1CCCN(C(=O)C2CC3CCC2C3)C1. The highest BCUT2D eigenvalue weighted by Crippen LogP contribution is 2.49. The molecular weight excluding hydrogens is 268 g/mol. The second-order valence-corrected chi connectivity index (χ2v) is 7.10. The molecule has 3 fully saturated rings. The van der Waals surface area contributed by atoms with E-state index in [1.54, 1.807) is 0 Å². The third-order valence-electron chi connectivity index (χ3n) is 5.60. The summed E-state index contributed by atoms with van der Waals surface area (Å²) in [6.07, 6.45) is 7.10. The van der Waals surface area contributed by atoms with Gasteiger partial charge < -0.3 is 15.3 Å². The van der Waals surface area contributed by atoms with Gasteiger partial charge in [-0.15, -0.1) is 0 Å². The van der Waals surface area contributed by atoms with Crippen molar-refractivity contribution in [2.45, 2.75) is 38.5 Å². The summed E-state index contributed by atoms with van der Waals surface area (Å²) in [6, 6.07) is 0. The molecule has 4 unspecified atom stereocenters. The standard InChI is InChI=1S/C16H26N2O3/c19-15(20)9-17-8-12-2-1-5-18(10-12)16(21)14-7-11-3-4-13(14)6-11/h11-14,17H,1-10H2,(H,19,20). The van der Waals surface area contributed by atoms with Gasteiger partial charge in [0.05, 0.1) is 6.54 Å². The predicted molar refractivity (Wildman–Crippen MR) is 78.7 cm³/mol. The fraction of sp³-hybridized carbons (Fsp3) is 0.875. The first-order valence-electron chi connectivity index (χ1n) is 8.34. The van der Waals surface area contributed by atoms with Crippen LogP contribution in [0, 0.1) is 23.7 Å². The van der Waals surface area contributed by atoms with Crippen LogP contribution in [0.1, 0.15) is 38.5 Å². The molecule has 3 aliphatic rings. The van der Waals surface area contributed by atoms with Crippen LogP contribution in [-0.4, -0.2) is 48.1 Å². The van der Waals surface area contributed by atoms with E-state index >= 15 is 0 Å². The van der Waals surface area contributed by atoms with E-state index < -0.39 is 5.97 Å². The lowest BCUT2D eigenvalue weighted by molar-refractivity contribution is -0.139. The van der Waals surface area contributed by atoms with Gasteiger partial charge in [0.2, 0.25) is 5.91 Å². The van der Waals surface area contributed by atoms with E-state index in [1.807, 2.05) is 0 Å². The van der Waals surface area contributed by atoms with Crippen molar-refractivity contribution in [1.29, 1.82) is 0 Å². The second kappa shape index (κ2) is 6.34. The van der Waals surface area contributed by atoms with Crippen molar-refractivity contribution in [2.24, 2.45) is 23.7 Å². The molecule has 0 radical (unpaired) electrons. The molecule has 4 atom stereocenters. The monoisotopic (exact) mass is 294 g/mol. The first-order chi connectivity index (χ1) is 10.1. The number of carboxylic acid groups (broad SMARTS) is 1. The Labute approximate surface area is 126 Å². The van der Waals surface area contributed by atoms with Crippen LogP contribution in [0.2, 0.25) is 0 Å². The van der Waals surface area contributed by atoms with Gasteiger partial charge in [-0.3, -0.25) is 9.59 Å². The molecule has 5 nitrogen and oxygen atoms in total. The first kappa shape index (κ1) is 14.8. The van der Waals surface area contributed by atoms with Crippen molar-refractivity contribution in [3.8, 4) is 0 Å². The summed E-state index contributed by atoms with van der Waals surface area (Å²) in [5.41, 5.74) is 0. The Bertz CT molecular complexity index is 412. The highest BCUT2D eigenvalue weighted by molar-refractivity contribution is 5.79. The van der Waals surface area contributed by atoms with E-state index in [1.165, 1.54) is 19.3 Å². The van der Waals surface area contributed by atoms with E-state index in [0.717, 1.165) is 38.3 Å². The number of hydrogen-bond donors (Lipinski definition) is 2. The molecule has 0 aromatic carbocycles. The zero-order valence-corrected chi connectivity index (χ0v) is 12.6. The molecule has 2 saturated carbocycles. The molecular formula is C16H26N2O3. The lowest BCUT2D eigenvalue weighted by atomic mass is 9.86. The van der Waals surface area contributed by atoms with E-state index in [2.05, 4.69) is 10.2 Å². The van der Waals surface area contributed by atoms with Gasteiger partial charge in [-0.05, 0) is 49.9 Å². The number of likely N-dealkylation sites (tertiary alicyclic amines) is 1. The van der Waals surface area contributed by atoms with Gasteiger partial charge in [-0.25, -0.2) is 0 Å². The number of carbonyl (C=O) groups is 2. The van der Waals surface area contributed by atoms with Gasteiger partial charge >= 0.3 is 5.97 Å². The molecule has 1 heterocycles. The predicted octanol–water partition coefficient (Wildman–Crippen LogP) is 1.34. The molecule has 2 aliphatic carbocycles. The molecule has 2 N–H and O–H groups in total. The van der Waals surface area contributed by atoms with Crippen molar-refractivity contribution >= 4 is 11.9 Å². The Morgan fingerprint density at radius 2 is 2.05 bits per heavy atom. The van der Waals surface area contributed by atoms with Gasteiger partial charge in [0.1, 0.15) is 0 Å². The zero-order chi connectivity index (χ0) is 14.8. The fourth-order valence-electron chi connectivity index (χ4n) is 4.60. The Morgan fingerprint density at radius 3 is 2.71 bits per heavy atom. The average molecular weight is 294 g/mol. The quantitative estimate of drug-likeness (QED) is 0.803. The number of amides is 1. The molecule has 5 heteroatoms. The Morgan fingerprint density at radius 1 is 1.19 bits per heavy atom. The number of hydrogen-bond acceptors (Lipinski definition) is 3. The van der Waals surface area contributed by atoms with Gasteiger partial charge in [0.15, 0.2) is 0 Å². The van der Waals surface area contributed by atoms with Gasteiger partial charge in [0.25, 0.3) is 0 Å². The number of aliphatic carboxylic acids is 1. The minimum absolute atomic E-state index is 0.0107. The largest absolute Gasteiger partial charge is 0.480 e. The number of carbonyl (C=O) groups excluding carboxylic acids is 1. The normalized spacial score (nSPS) is 35.1. The Balaban J connectivity index is 1.49. The van der Waals surface area contributed by atoms with E-state index in [0.29, 0.717) is 24.3 Å². The maximum absolute atomic E-state index is 12.7. The topological polar surface area (TPSA) is 69.6 Å². The maximum atomic E-state index is 12.7. The van der Waals surface area contributed by atoms with Crippen molar-refractivity contribution < 1.29 is 14.7 Å². The highest BCUT2D eigenvalue weighted by Gasteiger charge is 2.44. The molecule has 0 aromatic rings. The summed E-state index contributed by atoms with van der Waals surface area (Å²) >= 11 is 0. The smallest absolute Gasteiger partial charge is 0.317 e. The molecule has 3 rings (SSSR count). The van der Waals surface area contributed by atoms with Crippen molar-refractivity contribution in [3.05, 3.63) is 0 Å². The number of rotatable bonds is 5. The summed E-state index contributed by atoms with van der Waals surface area (Å²) in [5, 5.41) is 11.6. The van der Waals surface area contributed by atoms with Crippen molar-refractivity contribution in [2.75, 3.05) is 26.2 Å². The average Bonchev–Trinajstić information content (AvgIpc) is 3.09. The summed E-state index contributed by atoms with van der Waals surface area (Å²) in [7, 11) is 0. The number of nitrogens with zero attached hydrogens (tertiary/aromatic N) is 1. The first-order valence-corrected chi connectivity index (χ1v) is 8.34. The summed E-state index contributed by atoms with van der Waals surface area (Å²) in [6.45, 7) is 2.41. The van der Waals surface area contributed by atoms with Crippen LogP contribution in [0.15, 0.2) is 0 Å². The third kappa shape index (κ3) is 3.39. The third-order valence-corrected chi connectivity index (χ3v) is 5.60. The molecule has 118 valence electrons. The Kier molecular flexibility index (Phi) is 4.48. The summed E-state index contributed by atoms with van der Waals surface area (Å²) < 4.78 is 0. The van der Waals surface area contributed by atoms with Crippen LogP contribution in [-0.2, 0) is 9.59 Å². The van der Waals surface area contributed by atoms with Crippen LogP contribution in [0.3, 0.4) is 0 Å². The van der Waals surface area contributed by atoms with Crippen LogP contribution >= 0.6 is 0 Å². The van der Waals surface area contributed by atoms with Gasteiger partial charge in [0, 0.05) is 25.6 Å². The van der Waals surface area contributed by atoms with Crippen molar-refractivity contribution in [1.82, 2.24) is 10.2 Å². The molecule has 1 saturated heterocycles. The highest BCUT2D eigenvalue weighted by atomic mass is 16.4. The number of carboxylic acids is 1. The van der Waals surface area contributed by atoms with E-state index in [9.17, 15) is 9.59 Å². The lowest BCUT2D eigenvalue weighted by Gasteiger charge is -2.36. The molecule has 21 heavy (non-hydrogen) atoms. The molecule has 0 aromatic heterocycles. The second-order valence-electron chi connectivity index (χ2n) is 7.10. The summed E-state index contributed by atoms with van der Waals surface area (Å²) in [5.74, 6) is 1.70. The van der Waals surface area contributed by atoms with Gasteiger partial charge in [-0.1, -0.05) is 6.42 Å². The molecule has 1 amide bonds. The summed E-state index contributed by atoms with van der Waals surface area (Å²) in [4.78, 5) is 25.3. The molecule has 1 aliphatic heterocycles. The number of piperidine rings is 1. The molecule has 2 bridgehead atoms. The Hall–Kier alpha value is -1.10. The van der Waals surface area contributed by atoms with Crippen LogP contribution in [0.25, 0.3) is 0 Å². The minimum atomic E-state index is -0.819. The van der Waals surface area contributed by atoms with Crippen molar-refractivity contribution in [3.63, 3.8) is 0 Å². The van der Waals surface area contributed by atoms with Gasteiger partial charge in [-0.2, -0.15) is 0 Å². The zero-order valence-electron chi connectivity index (χ0n) is 12.6. The van der Waals surface area contributed by atoms with Crippen LogP contribution < -0.4 is 5.32 Å². The van der Waals surface area contributed by atoms with Crippen LogP contribution in [0.4, 0.5) is 0 Å². The van der Waals surface area contributed by atoms with Crippen LogP contribution in [0.5, 0.6) is 0 Å². The fourth-order valence-corrected chi connectivity index (χ4v) is 4.60. The maximum Gasteiger partial charge on any atom is 0.317 e.